The number of imide groups is 1. The summed E-state index contributed by atoms with van der Waals surface area (Å²) in [6.07, 6.45) is -0.916. The summed E-state index contributed by atoms with van der Waals surface area (Å²) >= 11 is 0. The summed E-state index contributed by atoms with van der Waals surface area (Å²) in [4.78, 5) is 37.8. The number of urea groups is 1. The molecule has 0 spiro atoms. The number of amides is 4. The molecule has 3 rings (SSSR count). The number of hydrazine groups is 1. The van der Waals surface area contributed by atoms with Gasteiger partial charge in [0.15, 0.2) is 6.10 Å². The summed E-state index contributed by atoms with van der Waals surface area (Å²) in [6, 6.07) is 13.3. The molecule has 1 aliphatic rings. The third-order valence-electron chi connectivity index (χ3n) is 4.73. The Morgan fingerprint density at radius 2 is 1.83 bits per heavy atom. The molecule has 8 nitrogen and oxygen atoms in total. The van der Waals surface area contributed by atoms with Crippen LogP contribution < -0.4 is 20.2 Å². The lowest BCUT2D eigenvalue weighted by Crippen LogP contribution is -2.51. The summed E-state index contributed by atoms with van der Waals surface area (Å²) in [6.45, 7) is 5.02. The molecule has 2 aromatic carbocycles. The lowest BCUT2D eigenvalue weighted by atomic mass is 9.92. The third-order valence-corrected chi connectivity index (χ3v) is 4.73. The van der Waals surface area contributed by atoms with Crippen LogP contribution >= 0.6 is 0 Å². The van der Waals surface area contributed by atoms with Crippen LogP contribution in [0.3, 0.4) is 0 Å². The van der Waals surface area contributed by atoms with Crippen LogP contribution in [0.4, 0.5) is 4.79 Å². The second-order valence-corrected chi connectivity index (χ2v) is 6.98. The number of hydrogen-bond donors (Lipinski definition) is 2. The first-order valence-corrected chi connectivity index (χ1v) is 9.09. The second-order valence-electron chi connectivity index (χ2n) is 6.98. The van der Waals surface area contributed by atoms with E-state index in [2.05, 4.69) is 10.7 Å². The van der Waals surface area contributed by atoms with E-state index in [9.17, 15) is 14.4 Å². The van der Waals surface area contributed by atoms with Crippen LogP contribution in [0, 0.1) is 6.92 Å². The lowest BCUT2D eigenvalue weighted by Gasteiger charge is -2.23. The van der Waals surface area contributed by atoms with Crippen molar-refractivity contribution in [2.45, 2.75) is 32.4 Å². The minimum Gasteiger partial charge on any atom is -0.497 e. The van der Waals surface area contributed by atoms with Crippen molar-refractivity contribution in [3.05, 3.63) is 59.7 Å². The fraction of sp³-hybridized carbons (Fsp3) is 0.286. The Morgan fingerprint density at radius 1 is 1.14 bits per heavy atom. The van der Waals surface area contributed by atoms with Crippen LogP contribution in [0.1, 0.15) is 25.0 Å². The minimum atomic E-state index is -1.33. The largest absolute Gasteiger partial charge is 0.497 e. The highest BCUT2D eigenvalue weighted by Crippen LogP contribution is 2.30. The van der Waals surface area contributed by atoms with E-state index in [0.717, 1.165) is 5.56 Å². The molecule has 0 bridgehead atoms. The number of aryl methyl sites for hydroxylation is 1. The molecule has 0 saturated carbocycles. The smallest absolute Gasteiger partial charge is 0.344 e. The van der Waals surface area contributed by atoms with Crippen molar-refractivity contribution < 1.29 is 23.9 Å². The number of methoxy groups -OCH3 is 1. The fourth-order valence-electron chi connectivity index (χ4n) is 3.02. The van der Waals surface area contributed by atoms with E-state index in [1.165, 1.54) is 14.0 Å². The Labute approximate surface area is 168 Å². The lowest BCUT2D eigenvalue weighted by molar-refractivity contribution is -0.141. The van der Waals surface area contributed by atoms with Gasteiger partial charge in [0.25, 0.3) is 11.8 Å². The van der Waals surface area contributed by atoms with Crippen LogP contribution in [0.25, 0.3) is 0 Å². The van der Waals surface area contributed by atoms with E-state index >= 15 is 0 Å². The van der Waals surface area contributed by atoms with Crippen LogP contribution in [-0.4, -0.2) is 36.1 Å². The summed E-state index contributed by atoms with van der Waals surface area (Å²) < 4.78 is 10.8. The number of nitrogens with zero attached hydrogens (tertiary/aromatic N) is 1. The molecule has 0 unspecified atom stereocenters. The molecule has 1 heterocycles. The average molecular weight is 397 g/mol. The van der Waals surface area contributed by atoms with Gasteiger partial charge in [-0.05, 0) is 56.2 Å². The van der Waals surface area contributed by atoms with E-state index in [-0.39, 0.29) is 0 Å². The topological polar surface area (TPSA) is 97.0 Å². The number of hydrogen-bond acceptors (Lipinski definition) is 5. The molecular weight excluding hydrogens is 374 g/mol. The van der Waals surface area contributed by atoms with Gasteiger partial charge in [0.2, 0.25) is 0 Å². The van der Waals surface area contributed by atoms with Crippen molar-refractivity contribution >= 4 is 17.8 Å². The number of benzene rings is 2. The van der Waals surface area contributed by atoms with Gasteiger partial charge >= 0.3 is 6.03 Å². The molecule has 4 amide bonds. The fourth-order valence-corrected chi connectivity index (χ4v) is 3.02. The normalized spacial score (nSPS) is 19.5. The highest BCUT2D eigenvalue weighted by molar-refractivity contribution is 6.08. The van der Waals surface area contributed by atoms with Gasteiger partial charge in [-0.1, -0.05) is 24.3 Å². The average Bonchev–Trinajstić information content (AvgIpc) is 2.92. The first-order valence-electron chi connectivity index (χ1n) is 9.09. The molecule has 2 N–H and O–H groups in total. The van der Waals surface area contributed by atoms with Crippen molar-refractivity contribution in [2.75, 3.05) is 7.11 Å². The Hall–Kier alpha value is -3.55. The van der Waals surface area contributed by atoms with Crippen LogP contribution in [0.15, 0.2) is 48.5 Å². The van der Waals surface area contributed by atoms with E-state index in [0.29, 0.717) is 22.1 Å². The summed E-state index contributed by atoms with van der Waals surface area (Å²) in [5, 5.41) is 3.30. The van der Waals surface area contributed by atoms with Crippen LogP contribution in [-0.2, 0) is 15.1 Å². The highest BCUT2D eigenvalue weighted by atomic mass is 16.5. The van der Waals surface area contributed by atoms with Crippen LogP contribution in [0.2, 0.25) is 0 Å². The van der Waals surface area contributed by atoms with Gasteiger partial charge in [-0.3, -0.25) is 15.0 Å². The molecule has 0 aliphatic carbocycles. The van der Waals surface area contributed by atoms with E-state index in [4.69, 9.17) is 9.47 Å². The zero-order valence-corrected chi connectivity index (χ0v) is 16.7. The van der Waals surface area contributed by atoms with E-state index in [1.54, 1.807) is 43.3 Å². The molecular formula is C21H23N3O5. The SMILES string of the molecule is COc1cccc([C@]2(C)NC(=O)N(NC(=O)[C@@H](C)Oc3cccc(C)c3)C2=O)c1. The Balaban J connectivity index is 1.73. The maximum atomic E-state index is 12.9. The van der Waals surface area contributed by atoms with E-state index in [1.807, 2.05) is 19.1 Å². The Bertz CT molecular complexity index is 961. The Morgan fingerprint density at radius 3 is 2.52 bits per heavy atom. The number of rotatable bonds is 6. The molecule has 2 aromatic rings. The minimum absolute atomic E-state index is 0.520. The standard InChI is InChI=1S/C21H23N3O5/c1-13-7-5-10-17(11-13)29-14(2)18(25)23-24-19(26)21(3,22-20(24)27)15-8-6-9-16(12-15)28-4/h5-12,14H,1-4H3,(H,22,27)(H,23,25)/t14-,21+/m1/s1. The third kappa shape index (κ3) is 4.01. The van der Waals surface area contributed by atoms with E-state index < -0.39 is 29.5 Å². The second kappa shape index (κ2) is 7.83. The zero-order chi connectivity index (χ0) is 21.2. The molecule has 0 aromatic heterocycles. The molecule has 1 saturated heterocycles. The maximum absolute atomic E-state index is 12.9. The van der Waals surface area contributed by atoms with Crippen molar-refractivity contribution in [3.63, 3.8) is 0 Å². The molecule has 8 heteroatoms. The van der Waals surface area contributed by atoms with Gasteiger partial charge in [-0.25, -0.2) is 4.79 Å². The van der Waals surface area contributed by atoms with Crippen molar-refractivity contribution in [3.8, 4) is 11.5 Å². The van der Waals surface area contributed by atoms with Gasteiger partial charge in [0, 0.05) is 0 Å². The predicted molar refractivity (Wildman–Crippen MR) is 105 cm³/mol. The summed E-state index contributed by atoms with van der Waals surface area (Å²) in [5.41, 5.74) is 2.53. The van der Waals surface area contributed by atoms with Gasteiger partial charge in [-0.2, -0.15) is 5.01 Å². The predicted octanol–water partition coefficient (Wildman–Crippen LogP) is 2.27. The van der Waals surface area contributed by atoms with Gasteiger partial charge in [0.1, 0.15) is 17.0 Å². The monoisotopic (exact) mass is 397 g/mol. The first kappa shape index (κ1) is 20.2. The first-order chi connectivity index (χ1) is 13.7. The molecule has 2 atom stereocenters. The maximum Gasteiger partial charge on any atom is 0.344 e. The van der Waals surface area contributed by atoms with Crippen molar-refractivity contribution in [1.82, 2.24) is 15.8 Å². The number of nitrogens with one attached hydrogen (secondary N) is 2. The van der Waals surface area contributed by atoms with Crippen LogP contribution in [0.5, 0.6) is 11.5 Å². The Kier molecular flexibility index (Phi) is 5.45. The molecule has 1 fully saturated rings. The molecule has 29 heavy (non-hydrogen) atoms. The van der Waals surface area contributed by atoms with Gasteiger partial charge < -0.3 is 14.8 Å². The zero-order valence-electron chi connectivity index (χ0n) is 16.7. The quantitative estimate of drug-likeness (QED) is 0.729. The number of carbonyl (C=O) groups excluding carboxylic acids is 3. The molecule has 0 radical (unpaired) electrons. The van der Waals surface area contributed by atoms with Gasteiger partial charge in [0.05, 0.1) is 7.11 Å². The summed E-state index contributed by atoms with van der Waals surface area (Å²) in [7, 11) is 1.51. The van der Waals surface area contributed by atoms with Crippen molar-refractivity contribution in [2.24, 2.45) is 0 Å². The number of ether oxygens (including phenoxy) is 2. The molecule has 152 valence electrons. The van der Waals surface area contributed by atoms with Gasteiger partial charge in [-0.15, -0.1) is 0 Å². The number of carbonyl (C=O) groups is 3. The highest BCUT2D eigenvalue weighted by Gasteiger charge is 2.50. The van der Waals surface area contributed by atoms with Crippen molar-refractivity contribution in [1.29, 1.82) is 0 Å². The summed E-state index contributed by atoms with van der Waals surface area (Å²) in [5.74, 6) is -0.156. The molecule has 1 aliphatic heterocycles.